The molecule has 3 atom stereocenters. The van der Waals surface area contributed by atoms with E-state index in [0.29, 0.717) is 5.56 Å². The number of benzene rings is 1. The topological polar surface area (TPSA) is 78.8 Å². The lowest BCUT2D eigenvalue weighted by Gasteiger charge is -2.17. The Balaban J connectivity index is 1.97. The van der Waals surface area contributed by atoms with E-state index in [1.165, 1.54) is 12.1 Å². The van der Waals surface area contributed by atoms with Gasteiger partial charge in [-0.05, 0) is 17.7 Å². The molecule has 1 heterocycles. The van der Waals surface area contributed by atoms with Crippen molar-refractivity contribution in [2.24, 2.45) is 0 Å². The molecule has 0 saturated carbocycles. The fourth-order valence-corrected chi connectivity index (χ4v) is 2.13. The van der Waals surface area contributed by atoms with E-state index in [1.807, 2.05) is 0 Å². The first-order valence-corrected chi connectivity index (χ1v) is 6.21. The molecule has 1 aromatic carbocycles. The van der Waals surface area contributed by atoms with Crippen molar-refractivity contribution in [3.8, 4) is 0 Å². The van der Waals surface area contributed by atoms with Crippen molar-refractivity contribution in [2.75, 3.05) is 6.54 Å². The molecule has 1 saturated heterocycles. The minimum absolute atomic E-state index is 0.122. The number of alkyl halides is 3. The largest absolute Gasteiger partial charge is 0.480 e. The molecule has 0 bridgehead atoms. The standard InChI is InChI=1S/C13H14F3NO4/c14-13(15,16)8-3-1-2-7(4-8)6-21-9-5-17-10(11(9)18)12(19)20/h1-4,9-11,17-18H,5-6H2,(H,19,20)/t9?,10-,11?/m0/s1. The summed E-state index contributed by atoms with van der Waals surface area (Å²) in [6.07, 6.45) is -6.45. The summed E-state index contributed by atoms with van der Waals surface area (Å²) in [7, 11) is 0. The predicted octanol–water partition coefficient (Wildman–Crippen LogP) is 1.01. The molecule has 1 aromatic rings. The van der Waals surface area contributed by atoms with Gasteiger partial charge in [0.15, 0.2) is 0 Å². The Bertz CT molecular complexity index is 520. The van der Waals surface area contributed by atoms with Crippen molar-refractivity contribution in [3.05, 3.63) is 35.4 Å². The highest BCUT2D eigenvalue weighted by atomic mass is 19.4. The van der Waals surface area contributed by atoms with Gasteiger partial charge in [-0.15, -0.1) is 0 Å². The van der Waals surface area contributed by atoms with Crippen LogP contribution in [0.4, 0.5) is 13.2 Å². The average Bonchev–Trinajstić information content (AvgIpc) is 2.77. The minimum Gasteiger partial charge on any atom is -0.480 e. The molecular formula is C13H14F3NO4. The van der Waals surface area contributed by atoms with Gasteiger partial charge in [0.05, 0.1) is 18.3 Å². The first kappa shape index (κ1) is 15.7. The number of hydrogen-bond acceptors (Lipinski definition) is 4. The summed E-state index contributed by atoms with van der Waals surface area (Å²) in [5.74, 6) is -1.20. The Morgan fingerprint density at radius 1 is 1.43 bits per heavy atom. The zero-order valence-corrected chi connectivity index (χ0v) is 10.8. The molecule has 0 radical (unpaired) electrons. The van der Waals surface area contributed by atoms with E-state index in [4.69, 9.17) is 9.84 Å². The highest BCUT2D eigenvalue weighted by molar-refractivity contribution is 5.74. The summed E-state index contributed by atoms with van der Waals surface area (Å²) in [4.78, 5) is 10.8. The van der Waals surface area contributed by atoms with E-state index in [1.54, 1.807) is 0 Å². The van der Waals surface area contributed by atoms with Crippen LogP contribution in [-0.4, -0.2) is 41.0 Å². The van der Waals surface area contributed by atoms with E-state index in [9.17, 15) is 23.1 Å². The molecule has 8 heteroatoms. The van der Waals surface area contributed by atoms with Crippen LogP contribution in [0.1, 0.15) is 11.1 Å². The first-order chi connectivity index (χ1) is 9.79. The number of aliphatic carboxylic acids is 1. The number of nitrogens with one attached hydrogen (secondary N) is 1. The molecule has 2 unspecified atom stereocenters. The number of carbonyl (C=O) groups is 1. The third-order valence-corrected chi connectivity index (χ3v) is 3.25. The zero-order valence-electron chi connectivity index (χ0n) is 10.8. The molecule has 1 aliphatic heterocycles. The van der Waals surface area contributed by atoms with Crippen LogP contribution in [-0.2, 0) is 22.3 Å². The molecule has 0 amide bonds. The molecule has 116 valence electrons. The van der Waals surface area contributed by atoms with Gasteiger partial charge in [-0.1, -0.05) is 12.1 Å². The fraction of sp³-hybridized carbons (Fsp3) is 0.462. The van der Waals surface area contributed by atoms with Gasteiger partial charge in [0.2, 0.25) is 0 Å². The number of aliphatic hydroxyl groups excluding tert-OH is 1. The minimum atomic E-state index is -4.43. The number of ether oxygens (including phenoxy) is 1. The van der Waals surface area contributed by atoms with Crippen LogP contribution in [0.3, 0.4) is 0 Å². The van der Waals surface area contributed by atoms with Crippen LogP contribution in [0.15, 0.2) is 24.3 Å². The van der Waals surface area contributed by atoms with Gasteiger partial charge in [-0.25, -0.2) is 0 Å². The Labute approximate surface area is 118 Å². The van der Waals surface area contributed by atoms with Crippen LogP contribution in [0, 0.1) is 0 Å². The van der Waals surface area contributed by atoms with Gasteiger partial charge >= 0.3 is 12.1 Å². The Morgan fingerprint density at radius 2 is 2.14 bits per heavy atom. The fourth-order valence-electron chi connectivity index (χ4n) is 2.13. The van der Waals surface area contributed by atoms with Gasteiger partial charge in [-0.2, -0.15) is 13.2 Å². The summed E-state index contributed by atoms with van der Waals surface area (Å²) >= 11 is 0. The summed E-state index contributed by atoms with van der Waals surface area (Å²) < 4.78 is 43.0. The molecule has 0 aromatic heterocycles. The van der Waals surface area contributed by atoms with Gasteiger partial charge in [0.25, 0.3) is 0 Å². The van der Waals surface area contributed by atoms with Crippen LogP contribution in [0.25, 0.3) is 0 Å². The number of carboxylic acid groups (broad SMARTS) is 1. The molecule has 21 heavy (non-hydrogen) atoms. The number of halogens is 3. The summed E-state index contributed by atoms with van der Waals surface area (Å²) in [5.41, 5.74) is -0.479. The van der Waals surface area contributed by atoms with Crippen molar-refractivity contribution < 1.29 is 32.9 Å². The maximum atomic E-state index is 12.6. The quantitative estimate of drug-likeness (QED) is 0.774. The van der Waals surface area contributed by atoms with E-state index in [-0.39, 0.29) is 13.2 Å². The summed E-state index contributed by atoms with van der Waals surface area (Å²) in [6.45, 7) is -0.0171. The SMILES string of the molecule is O=C(O)[C@H]1NCC(OCc2cccc(C(F)(F)F)c2)C1O. The van der Waals surface area contributed by atoms with Gasteiger partial charge < -0.3 is 14.9 Å². The second kappa shape index (κ2) is 6.00. The average molecular weight is 305 g/mol. The Morgan fingerprint density at radius 3 is 2.71 bits per heavy atom. The summed E-state index contributed by atoms with van der Waals surface area (Å²) in [5, 5.41) is 21.1. The monoisotopic (exact) mass is 305 g/mol. The second-order valence-corrected chi connectivity index (χ2v) is 4.76. The van der Waals surface area contributed by atoms with E-state index >= 15 is 0 Å². The molecular weight excluding hydrogens is 291 g/mol. The Hall–Kier alpha value is -1.64. The van der Waals surface area contributed by atoms with Crippen LogP contribution in [0.2, 0.25) is 0 Å². The molecule has 5 nitrogen and oxygen atoms in total. The van der Waals surface area contributed by atoms with Crippen molar-refractivity contribution in [2.45, 2.75) is 31.0 Å². The lowest BCUT2D eigenvalue weighted by atomic mass is 10.1. The molecule has 0 aliphatic carbocycles. The lowest BCUT2D eigenvalue weighted by molar-refractivity contribution is -0.143. The maximum absolute atomic E-state index is 12.6. The van der Waals surface area contributed by atoms with Crippen molar-refractivity contribution in [3.63, 3.8) is 0 Å². The van der Waals surface area contributed by atoms with E-state index < -0.39 is 36.0 Å². The van der Waals surface area contributed by atoms with Gasteiger partial charge in [-0.3, -0.25) is 10.1 Å². The van der Waals surface area contributed by atoms with Crippen LogP contribution < -0.4 is 5.32 Å². The molecule has 2 rings (SSSR count). The highest BCUT2D eigenvalue weighted by Gasteiger charge is 2.39. The normalized spacial score (nSPS) is 26.0. The van der Waals surface area contributed by atoms with Gasteiger partial charge in [0, 0.05) is 6.54 Å². The smallest absolute Gasteiger partial charge is 0.416 e. The van der Waals surface area contributed by atoms with Crippen LogP contribution in [0.5, 0.6) is 0 Å². The van der Waals surface area contributed by atoms with Crippen molar-refractivity contribution in [1.82, 2.24) is 5.32 Å². The van der Waals surface area contributed by atoms with E-state index in [0.717, 1.165) is 12.1 Å². The zero-order chi connectivity index (χ0) is 15.6. The number of rotatable bonds is 4. The molecule has 3 N–H and O–H groups in total. The molecule has 0 spiro atoms. The maximum Gasteiger partial charge on any atom is 0.416 e. The van der Waals surface area contributed by atoms with Crippen LogP contribution >= 0.6 is 0 Å². The lowest BCUT2D eigenvalue weighted by Crippen LogP contribution is -2.40. The molecule has 1 aliphatic rings. The number of aliphatic hydroxyl groups is 1. The van der Waals surface area contributed by atoms with E-state index in [2.05, 4.69) is 5.32 Å². The molecule has 1 fully saturated rings. The highest BCUT2D eigenvalue weighted by Crippen LogP contribution is 2.29. The second-order valence-electron chi connectivity index (χ2n) is 4.76. The van der Waals surface area contributed by atoms with Crippen molar-refractivity contribution >= 4 is 5.97 Å². The third-order valence-electron chi connectivity index (χ3n) is 3.25. The van der Waals surface area contributed by atoms with Gasteiger partial charge in [0.1, 0.15) is 12.1 Å². The number of carboxylic acids is 1. The first-order valence-electron chi connectivity index (χ1n) is 6.21. The Kier molecular flexibility index (Phi) is 4.50. The predicted molar refractivity (Wildman–Crippen MR) is 65.5 cm³/mol. The van der Waals surface area contributed by atoms with Crippen molar-refractivity contribution in [1.29, 1.82) is 0 Å². The number of hydrogen-bond donors (Lipinski definition) is 3. The summed E-state index contributed by atoms with van der Waals surface area (Å²) in [6, 6.07) is 3.53. The third kappa shape index (κ3) is 3.72.